The van der Waals surface area contributed by atoms with Crippen molar-refractivity contribution < 1.29 is 13.5 Å². The molecular formula is C16H27NO3S. The monoisotopic (exact) mass is 313 g/mol. The second kappa shape index (κ2) is 9.18. The highest BCUT2D eigenvalue weighted by atomic mass is 32.2. The van der Waals surface area contributed by atoms with Crippen molar-refractivity contribution in [2.75, 3.05) is 6.54 Å². The maximum absolute atomic E-state index is 12.1. The molecule has 0 aliphatic rings. The molecule has 0 aliphatic carbocycles. The fourth-order valence-corrected chi connectivity index (χ4v) is 3.28. The van der Waals surface area contributed by atoms with E-state index < -0.39 is 10.0 Å². The van der Waals surface area contributed by atoms with Crippen molar-refractivity contribution in [3.63, 3.8) is 0 Å². The molecule has 0 atom stereocenters. The Kier molecular flexibility index (Phi) is 7.93. The Labute approximate surface area is 128 Å². The lowest BCUT2D eigenvalue weighted by Gasteiger charge is -2.08. The van der Waals surface area contributed by atoms with Crippen LogP contribution in [0.2, 0.25) is 0 Å². The molecule has 120 valence electrons. The zero-order chi connectivity index (χ0) is 15.7. The quantitative estimate of drug-likeness (QED) is 0.652. The van der Waals surface area contributed by atoms with E-state index in [0.717, 1.165) is 25.2 Å². The van der Waals surface area contributed by atoms with Crippen LogP contribution in [0.4, 0.5) is 0 Å². The van der Waals surface area contributed by atoms with Gasteiger partial charge in [0.2, 0.25) is 10.0 Å². The van der Waals surface area contributed by atoms with E-state index >= 15 is 0 Å². The van der Waals surface area contributed by atoms with Gasteiger partial charge in [-0.05, 0) is 30.0 Å². The van der Waals surface area contributed by atoms with Gasteiger partial charge in [0, 0.05) is 6.54 Å². The number of unbranched alkanes of at least 4 members (excludes halogenated alkanes) is 3. The van der Waals surface area contributed by atoms with Crippen LogP contribution in [0, 0.1) is 5.92 Å². The number of aliphatic hydroxyl groups excluding tert-OH is 1. The lowest BCUT2D eigenvalue weighted by Crippen LogP contribution is -2.24. The van der Waals surface area contributed by atoms with E-state index in [1.165, 1.54) is 18.9 Å². The smallest absolute Gasteiger partial charge is 0.240 e. The van der Waals surface area contributed by atoms with Gasteiger partial charge in [-0.15, -0.1) is 0 Å². The normalized spacial score (nSPS) is 12.0. The molecule has 1 aromatic carbocycles. The van der Waals surface area contributed by atoms with Crippen molar-refractivity contribution in [1.82, 2.24) is 4.72 Å². The molecule has 0 bridgehead atoms. The van der Waals surface area contributed by atoms with Gasteiger partial charge in [-0.2, -0.15) is 0 Å². The summed E-state index contributed by atoms with van der Waals surface area (Å²) in [4.78, 5) is 0.217. The van der Waals surface area contributed by atoms with Gasteiger partial charge in [-0.1, -0.05) is 51.7 Å². The van der Waals surface area contributed by atoms with Gasteiger partial charge >= 0.3 is 0 Å². The topological polar surface area (TPSA) is 66.4 Å². The largest absolute Gasteiger partial charge is 0.392 e. The molecule has 4 nitrogen and oxygen atoms in total. The Morgan fingerprint density at radius 2 is 1.86 bits per heavy atom. The van der Waals surface area contributed by atoms with Gasteiger partial charge < -0.3 is 5.11 Å². The lowest BCUT2D eigenvalue weighted by atomic mass is 10.0. The highest BCUT2D eigenvalue weighted by molar-refractivity contribution is 7.89. The number of hydrogen-bond acceptors (Lipinski definition) is 3. The summed E-state index contributed by atoms with van der Waals surface area (Å²) in [6, 6.07) is 6.40. The van der Waals surface area contributed by atoms with Crippen molar-refractivity contribution in [2.45, 2.75) is 57.5 Å². The minimum absolute atomic E-state index is 0.154. The number of sulfonamides is 1. The van der Waals surface area contributed by atoms with Gasteiger partial charge in [-0.3, -0.25) is 0 Å². The van der Waals surface area contributed by atoms with Crippen molar-refractivity contribution in [1.29, 1.82) is 0 Å². The summed E-state index contributed by atoms with van der Waals surface area (Å²) < 4.78 is 26.8. The maximum Gasteiger partial charge on any atom is 0.240 e. The molecule has 0 heterocycles. The first kappa shape index (κ1) is 18.1. The van der Waals surface area contributed by atoms with Crippen LogP contribution in [0.3, 0.4) is 0 Å². The average molecular weight is 313 g/mol. The molecule has 0 amide bonds. The summed E-state index contributed by atoms with van der Waals surface area (Å²) in [5, 5.41) is 9.05. The van der Waals surface area contributed by atoms with Gasteiger partial charge in [0.25, 0.3) is 0 Å². The van der Waals surface area contributed by atoms with Gasteiger partial charge in [0.15, 0.2) is 0 Å². The van der Waals surface area contributed by atoms with Gasteiger partial charge in [0.05, 0.1) is 11.5 Å². The van der Waals surface area contributed by atoms with E-state index in [0.29, 0.717) is 12.1 Å². The molecule has 0 aromatic heterocycles. The van der Waals surface area contributed by atoms with E-state index in [9.17, 15) is 8.42 Å². The summed E-state index contributed by atoms with van der Waals surface area (Å²) in [5.74, 6) is 0.738. The molecule has 21 heavy (non-hydrogen) atoms. The molecule has 0 fully saturated rings. The van der Waals surface area contributed by atoms with Crippen molar-refractivity contribution in [3.8, 4) is 0 Å². The van der Waals surface area contributed by atoms with Crippen molar-refractivity contribution in [3.05, 3.63) is 29.8 Å². The van der Waals surface area contributed by atoms with E-state index in [1.807, 2.05) is 0 Å². The Bertz CT molecular complexity index is 512. The number of hydrogen-bond donors (Lipinski definition) is 2. The average Bonchev–Trinajstić information content (AvgIpc) is 2.46. The summed E-state index contributed by atoms with van der Waals surface area (Å²) in [6.45, 7) is 4.75. The number of rotatable bonds is 10. The third kappa shape index (κ3) is 7.07. The minimum atomic E-state index is -3.46. The Balaban J connectivity index is 2.33. The standard InChI is InChI=1S/C16H27NO3S/c1-14(2)8-5-3-4-6-11-17-21(19,20)16-10-7-9-15(12-16)13-18/h7,9-10,12,14,17-18H,3-6,8,11,13H2,1-2H3. The molecule has 0 aliphatic heterocycles. The van der Waals surface area contributed by atoms with E-state index in [4.69, 9.17) is 5.11 Å². The first-order valence-electron chi connectivity index (χ1n) is 7.65. The molecule has 0 unspecified atom stereocenters. The van der Waals surface area contributed by atoms with E-state index in [-0.39, 0.29) is 11.5 Å². The molecule has 0 spiro atoms. The summed E-state index contributed by atoms with van der Waals surface area (Å²) >= 11 is 0. The first-order chi connectivity index (χ1) is 9.95. The molecule has 2 N–H and O–H groups in total. The summed E-state index contributed by atoms with van der Waals surface area (Å²) in [6.07, 6.45) is 5.51. The second-order valence-electron chi connectivity index (χ2n) is 5.80. The van der Waals surface area contributed by atoms with E-state index in [2.05, 4.69) is 18.6 Å². The highest BCUT2D eigenvalue weighted by Gasteiger charge is 2.13. The number of aliphatic hydroxyl groups is 1. The lowest BCUT2D eigenvalue weighted by molar-refractivity contribution is 0.281. The zero-order valence-corrected chi connectivity index (χ0v) is 13.8. The predicted molar refractivity (Wildman–Crippen MR) is 85.5 cm³/mol. The molecule has 0 saturated carbocycles. The summed E-state index contributed by atoms with van der Waals surface area (Å²) in [5.41, 5.74) is 0.603. The molecule has 5 heteroatoms. The highest BCUT2D eigenvalue weighted by Crippen LogP contribution is 2.12. The Hall–Kier alpha value is -0.910. The molecule has 1 aromatic rings. The predicted octanol–water partition coefficient (Wildman–Crippen LogP) is 3.06. The minimum Gasteiger partial charge on any atom is -0.392 e. The molecule has 0 saturated heterocycles. The Morgan fingerprint density at radius 3 is 2.52 bits per heavy atom. The number of nitrogens with one attached hydrogen (secondary N) is 1. The van der Waals surface area contributed by atoms with Crippen LogP contribution >= 0.6 is 0 Å². The molecular weight excluding hydrogens is 286 g/mol. The first-order valence-corrected chi connectivity index (χ1v) is 9.13. The third-order valence-corrected chi connectivity index (χ3v) is 4.85. The van der Waals surface area contributed by atoms with Crippen LogP contribution in [0.25, 0.3) is 0 Å². The fraction of sp³-hybridized carbons (Fsp3) is 0.625. The van der Waals surface area contributed by atoms with Crippen LogP contribution in [-0.4, -0.2) is 20.1 Å². The van der Waals surface area contributed by atoms with Crippen LogP contribution in [0.1, 0.15) is 51.5 Å². The fourth-order valence-electron chi connectivity index (χ4n) is 2.13. The van der Waals surface area contributed by atoms with Gasteiger partial charge in [0.1, 0.15) is 0 Å². The van der Waals surface area contributed by atoms with Crippen LogP contribution < -0.4 is 4.72 Å². The third-order valence-electron chi connectivity index (χ3n) is 3.39. The van der Waals surface area contributed by atoms with Crippen LogP contribution in [-0.2, 0) is 16.6 Å². The van der Waals surface area contributed by atoms with Gasteiger partial charge in [-0.25, -0.2) is 13.1 Å². The zero-order valence-electron chi connectivity index (χ0n) is 13.0. The maximum atomic E-state index is 12.1. The molecule has 1 rings (SSSR count). The van der Waals surface area contributed by atoms with Crippen LogP contribution in [0.15, 0.2) is 29.2 Å². The van der Waals surface area contributed by atoms with Crippen LogP contribution in [0.5, 0.6) is 0 Å². The molecule has 0 radical (unpaired) electrons. The second-order valence-corrected chi connectivity index (χ2v) is 7.57. The summed E-state index contributed by atoms with van der Waals surface area (Å²) in [7, 11) is -3.46. The SMILES string of the molecule is CC(C)CCCCCCNS(=O)(=O)c1cccc(CO)c1. The Morgan fingerprint density at radius 1 is 1.14 bits per heavy atom. The number of benzene rings is 1. The van der Waals surface area contributed by atoms with Crippen molar-refractivity contribution in [2.24, 2.45) is 5.92 Å². The van der Waals surface area contributed by atoms with Crippen molar-refractivity contribution >= 4 is 10.0 Å². The van der Waals surface area contributed by atoms with E-state index in [1.54, 1.807) is 18.2 Å².